The predicted octanol–water partition coefficient (Wildman–Crippen LogP) is 11.5. The van der Waals surface area contributed by atoms with E-state index in [2.05, 4.69) is 0 Å². The number of nitrogens with zero attached hydrogens (tertiary/aromatic N) is 4. The van der Waals surface area contributed by atoms with Crippen LogP contribution in [0.1, 0.15) is 12.3 Å². The van der Waals surface area contributed by atoms with E-state index in [0.717, 1.165) is 21.9 Å². The Kier molecular flexibility index (Phi) is 4.67. The Morgan fingerprint density at radius 3 is 2.00 bits per heavy atom. The van der Waals surface area contributed by atoms with Crippen molar-refractivity contribution in [1.82, 2.24) is 19.5 Å². The van der Waals surface area contributed by atoms with Crippen LogP contribution in [0, 0.1) is 0 Å². The Hall–Kier alpha value is -6.85. The number of aromatic nitrogens is 4. The molecule has 0 fully saturated rings. The lowest BCUT2D eigenvalue weighted by Crippen LogP contribution is -2.07. The SMILES string of the molecule is [2H]c1c([2H])c([2H])c(-c2cccc3c4c([2H])c([2H])c([2H])c([2H])c4n(-c4nc(-c5ccc(-c6ccccc6)cc5)nc(-c5cccc6oc7ccccc7c56)n4)c23)c([2H])c1[2H]. The third kappa shape index (κ3) is 4.52. The summed E-state index contributed by atoms with van der Waals surface area (Å²) < 4.78 is 86.7. The number of hydrogen-bond donors (Lipinski definition) is 0. The van der Waals surface area contributed by atoms with E-state index in [9.17, 15) is 1.37 Å². The van der Waals surface area contributed by atoms with Gasteiger partial charge in [-0.3, -0.25) is 4.57 Å². The summed E-state index contributed by atoms with van der Waals surface area (Å²) in [6.45, 7) is 0. The molecular weight excluding hydrogens is 613 g/mol. The topological polar surface area (TPSA) is 56.7 Å². The molecule has 0 aliphatic carbocycles. The molecule has 0 radical (unpaired) electrons. The quantitative estimate of drug-likeness (QED) is 0.186. The van der Waals surface area contributed by atoms with Crippen LogP contribution in [0.5, 0.6) is 0 Å². The molecule has 0 aliphatic rings. The normalized spacial score (nSPS) is 14.1. The minimum atomic E-state index is -0.554. The lowest BCUT2D eigenvalue weighted by Gasteiger charge is -2.13. The second kappa shape index (κ2) is 11.4. The average molecular weight is 650 g/mol. The van der Waals surface area contributed by atoms with E-state index in [4.69, 9.17) is 30.3 Å². The molecule has 50 heavy (non-hydrogen) atoms. The molecule has 0 saturated carbocycles. The molecular formula is C45H28N4O. The van der Waals surface area contributed by atoms with E-state index >= 15 is 0 Å². The largest absolute Gasteiger partial charge is 0.456 e. The Morgan fingerprint density at radius 2 is 1.12 bits per heavy atom. The summed E-state index contributed by atoms with van der Waals surface area (Å²) in [7, 11) is 0. The second-order valence-corrected chi connectivity index (χ2v) is 11.8. The Morgan fingerprint density at radius 1 is 0.460 bits per heavy atom. The summed E-state index contributed by atoms with van der Waals surface area (Å²) in [4.78, 5) is 15.1. The molecule has 234 valence electrons. The van der Waals surface area contributed by atoms with Crippen LogP contribution in [-0.4, -0.2) is 19.5 Å². The summed E-state index contributed by atoms with van der Waals surface area (Å²) in [5.41, 5.74) is 4.86. The first-order chi connectivity index (χ1) is 28.5. The van der Waals surface area contributed by atoms with Crippen LogP contribution in [0.3, 0.4) is 0 Å². The van der Waals surface area contributed by atoms with Crippen LogP contribution in [0.25, 0.3) is 94.7 Å². The number of furan rings is 1. The molecule has 3 heterocycles. The van der Waals surface area contributed by atoms with Gasteiger partial charge in [-0.05, 0) is 34.9 Å². The van der Waals surface area contributed by atoms with Gasteiger partial charge in [0.1, 0.15) is 11.2 Å². The molecule has 10 rings (SSSR count). The van der Waals surface area contributed by atoms with Crippen molar-refractivity contribution in [3.8, 4) is 51.0 Å². The highest BCUT2D eigenvalue weighted by atomic mass is 16.3. The third-order valence-electron chi connectivity index (χ3n) is 8.91. The van der Waals surface area contributed by atoms with E-state index in [1.165, 1.54) is 4.57 Å². The highest BCUT2D eigenvalue weighted by Crippen LogP contribution is 2.39. The van der Waals surface area contributed by atoms with Gasteiger partial charge < -0.3 is 4.42 Å². The first kappa shape index (κ1) is 20.5. The summed E-state index contributed by atoms with van der Waals surface area (Å²) >= 11 is 0. The minimum Gasteiger partial charge on any atom is -0.456 e. The number of rotatable bonds is 5. The molecule has 10 aromatic rings. The summed E-state index contributed by atoms with van der Waals surface area (Å²) in [5.74, 6) is 0.475. The fraction of sp³-hybridized carbons (Fsp3) is 0. The minimum absolute atomic E-state index is 0.0215. The Labute approximate surface area is 300 Å². The summed E-state index contributed by atoms with van der Waals surface area (Å²) in [6, 6.07) is 31.6. The zero-order valence-electron chi connectivity index (χ0n) is 35.2. The van der Waals surface area contributed by atoms with Gasteiger partial charge in [0.15, 0.2) is 11.6 Å². The molecule has 0 unspecified atom stereocenters. The molecule has 0 bridgehead atoms. The van der Waals surface area contributed by atoms with Crippen molar-refractivity contribution in [3.05, 3.63) is 170 Å². The fourth-order valence-corrected chi connectivity index (χ4v) is 6.67. The second-order valence-electron chi connectivity index (χ2n) is 11.8. The molecule has 3 aromatic heterocycles. The van der Waals surface area contributed by atoms with Crippen molar-refractivity contribution in [1.29, 1.82) is 0 Å². The highest BCUT2D eigenvalue weighted by Gasteiger charge is 2.22. The smallest absolute Gasteiger partial charge is 0.238 e. The van der Waals surface area contributed by atoms with Crippen LogP contribution in [0.15, 0.2) is 174 Å². The van der Waals surface area contributed by atoms with E-state index in [1.807, 2.05) is 97.1 Å². The molecule has 0 atom stereocenters. The Balaban J connectivity index is 1.35. The molecule has 0 N–H and O–H groups in total. The predicted molar refractivity (Wildman–Crippen MR) is 203 cm³/mol. The van der Waals surface area contributed by atoms with Gasteiger partial charge in [0, 0.05) is 38.2 Å². The average Bonchev–Trinajstić information content (AvgIpc) is 3.83. The molecule has 0 spiro atoms. The standard InChI is InChI=1S/C45H28N4O/c1-3-13-29(14-4-1)30-25-27-32(28-26-30)43-46-44(37-21-12-24-40-41(37)36-18-8-10-23-39(36)50-40)48-45(47-43)49-38-22-9-7-17-34(38)35-20-11-19-33(42(35)49)31-15-5-2-6-16-31/h1-28H/i2D,5D,6D,7D,9D,15D,16D,17D,22D. The maximum Gasteiger partial charge on any atom is 0.238 e. The van der Waals surface area contributed by atoms with Gasteiger partial charge in [0.25, 0.3) is 0 Å². The van der Waals surface area contributed by atoms with Crippen molar-refractivity contribution in [3.63, 3.8) is 0 Å². The van der Waals surface area contributed by atoms with Crippen LogP contribution < -0.4 is 0 Å². The maximum atomic E-state index is 9.27. The summed E-state index contributed by atoms with van der Waals surface area (Å²) in [5, 5.41) is 2.09. The Bertz CT molecular complexity index is 3350. The first-order valence-corrected chi connectivity index (χ1v) is 16.0. The van der Waals surface area contributed by atoms with Gasteiger partial charge in [-0.2, -0.15) is 9.97 Å². The zero-order chi connectivity index (χ0) is 40.9. The first-order valence-electron chi connectivity index (χ1n) is 20.5. The van der Waals surface area contributed by atoms with Crippen LogP contribution >= 0.6 is 0 Å². The zero-order valence-corrected chi connectivity index (χ0v) is 26.2. The van der Waals surface area contributed by atoms with Crippen molar-refractivity contribution in [2.45, 2.75) is 0 Å². The molecule has 7 aromatic carbocycles. The van der Waals surface area contributed by atoms with Gasteiger partial charge in [0.05, 0.1) is 23.4 Å². The lowest BCUT2D eigenvalue weighted by molar-refractivity contribution is 0.669. The van der Waals surface area contributed by atoms with E-state index < -0.39 is 42.3 Å². The van der Waals surface area contributed by atoms with Crippen LogP contribution in [0.2, 0.25) is 0 Å². The number of para-hydroxylation sites is 3. The van der Waals surface area contributed by atoms with Gasteiger partial charge in [-0.1, -0.05) is 151 Å². The van der Waals surface area contributed by atoms with Crippen LogP contribution in [0.4, 0.5) is 0 Å². The molecule has 0 aliphatic heterocycles. The van der Waals surface area contributed by atoms with Gasteiger partial charge in [-0.25, -0.2) is 4.98 Å². The van der Waals surface area contributed by atoms with Gasteiger partial charge in [0.2, 0.25) is 5.95 Å². The maximum absolute atomic E-state index is 9.27. The number of fused-ring (bicyclic) bond motifs is 6. The van der Waals surface area contributed by atoms with Crippen molar-refractivity contribution in [2.24, 2.45) is 0 Å². The van der Waals surface area contributed by atoms with Crippen molar-refractivity contribution in [2.75, 3.05) is 0 Å². The van der Waals surface area contributed by atoms with E-state index in [0.29, 0.717) is 27.7 Å². The number of hydrogen-bond acceptors (Lipinski definition) is 4. The van der Waals surface area contributed by atoms with Gasteiger partial charge >= 0.3 is 0 Å². The van der Waals surface area contributed by atoms with Crippen molar-refractivity contribution >= 4 is 43.7 Å². The van der Waals surface area contributed by atoms with Gasteiger partial charge in [-0.15, -0.1) is 0 Å². The molecule has 5 heteroatoms. The summed E-state index contributed by atoms with van der Waals surface area (Å²) in [6.07, 6.45) is 0. The fourth-order valence-electron chi connectivity index (χ4n) is 6.67. The lowest BCUT2D eigenvalue weighted by atomic mass is 10.0. The van der Waals surface area contributed by atoms with Crippen LogP contribution in [-0.2, 0) is 0 Å². The van der Waals surface area contributed by atoms with E-state index in [1.54, 1.807) is 18.2 Å². The molecule has 0 saturated heterocycles. The molecule has 0 amide bonds. The van der Waals surface area contributed by atoms with Crippen molar-refractivity contribution < 1.29 is 16.8 Å². The highest BCUT2D eigenvalue weighted by molar-refractivity contribution is 6.14. The third-order valence-corrected chi connectivity index (χ3v) is 8.91. The monoisotopic (exact) mass is 649 g/mol. The molecule has 5 nitrogen and oxygen atoms in total. The number of benzene rings is 7. The van der Waals surface area contributed by atoms with E-state index in [-0.39, 0.29) is 57.2 Å².